The number of aryl methyl sites for hydroxylation is 1. The number of rotatable bonds is 7. The second-order valence-electron chi connectivity index (χ2n) is 7.63. The van der Waals surface area contributed by atoms with Gasteiger partial charge in [0.05, 0.1) is 5.39 Å². The summed E-state index contributed by atoms with van der Waals surface area (Å²) in [6.45, 7) is 8.65. The van der Waals surface area contributed by atoms with Gasteiger partial charge in [-0.15, -0.1) is 0 Å². The summed E-state index contributed by atoms with van der Waals surface area (Å²) in [4.78, 5) is 17.8. The molecule has 7 heteroatoms. The molecular weight excluding hydrogens is 362 g/mol. The van der Waals surface area contributed by atoms with Crippen molar-refractivity contribution in [3.8, 4) is 0 Å². The number of anilines is 3. The van der Waals surface area contributed by atoms with Crippen LogP contribution in [0.25, 0.3) is 11.0 Å². The van der Waals surface area contributed by atoms with E-state index < -0.39 is 0 Å². The quantitative estimate of drug-likeness (QED) is 0.599. The topological polar surface area (TPSA) is 83.2 Å². The molecule has 0 atom stereocenters. The Bertz CT molecular complexity index is 951. The lowest BCUT2D eigenvalue weighted by Gasteiger charge is -2.36. The molecule has 0 spiro atoms. The van der Waals surface area contributed by atoms with Crippen molar-refractivity contribution in [1.82, 2.24) is 19.9 Å². The minimum Gasteiger partial charge on any atom is -0.384 e. The lowest BCUT2D eigenvalue weighted by Crippen LogP contribution is -2.46. The molecule has 2 aromatic heterocycles. The average molecular weight is 392 g/mol. The molecule has 1 aliphatic rings. The fourth-order valence-corrected chi connectivity index (χ4v) is 3.82. The van der Waals surface area contributed by atoms with Crippen molar-refractivity contribution in [1.29, 1.82) is 0 Å². The number of nitrogen functional groups attached to an aromatic ring is 1. The summed E-state index contributed by atoms with van der Waals surface area (Å²) < 4.78 is 0. The monoisotopic (exact) mass is 391 g/mol. The normalized spacial score (nSPS) is 15.0. The Hall–Kier alpha value is -2.93. The number of nitrogens with two attached hydrogens (primary N) is 1. The Kier molecular flexibility index (Phi) is 6.05. The first-order valence-electron chi connectivity index (χ1n) is 10.3. The highest BCUT2D eigenvalue weighted by molar-refractivity contribution is 5.86. The first-order valence-corrected chi connectivity index (χ1v) is 10.3. The third kappa shape index (κ3) is 4.92. The predicted octanol–water partition coefficient (Wildman–Crippen LogP) is 2.93. The average Bonchev–Trinajstić information content (AvgIpc) is 2.74. The molecule has 0 aliphatic carbocycles. The van der Waals surface area contributed by atoms with E-state index in [2.05, 4.69) is 61.3 Å². The van der Waals surface area contributed by atoms with E-state index in [0.29, 0.717) is 11.5 Å². The molecular formula is C22H29N7. The molecule has 3 heterocycles. The van der Waals surface area contributed by atoms with Gasteiger partial charge < -0.3 is 16.0 Å². The Morgan fingerprint density at radius 3 is 2.72 bits per heavy atom. The molecule has 29 heavy (non-hydrogen) atoms. The number of unbranched alkanes of at least 4 members (excludes halogenated alkanes) is 1. The number of nitrogens with one attached hydrogen (secondary N) is 1. The molecule has 3 N–H and O–H groups in total. The summed E-state index contributed by atoms with van der Waals surface area (Å²) in [5.74, 6) is 1.30. The number of pyridine rings is 1. The van der Waals surface area contributed by atoms with Crippen LogP contribution in [0.1, 0.15) is 18.4 Å². The Morgan fingerprint density at radius 2 is 1.90 bits per heavy atom. The zero-order valence-corrected chi connectivity index (χ0v) is 17.0. The molecule has 1 saturated heterocycles. The molecule has 0 amide bonds. The van der Waals surface area contributed by atoms with Gasteiger partial charge in [0.25, 0.3) is 0 Å². The van der Waals surface area contributed by atoms with Crippen molar-refractivity contribution in [3.05, 3.63) is 48.3 Å². The highest BCUT2D eigenvalue weighted by Crippen LogP contribution is 2.19. The van der Waals surface area contributed by atoms with Gasteiger partial charge in [-0.05, 0) is 56.1 Å². The molecule has 1 aliphatic heterocycles. The smallest absolute Gasteiger partial charge is 0.166 e. The van der Waals surface area contributed by atoms with E-state index in [1.165, 1.54) is 24.0 Å². The molecule has 0 bridgehead atoms. The maximum absolute atomic E-state index is 5.73. The third-order valence-electron chi connectivity index (χ3n) is 5.45. The van der Waals surface area contributed by atoms with Crippen LogP contribution >= 0.6 is 0 Å². The van der Waals surface area contributed by atoms with Gasteiger partial charge in [0.2, 0.25) is 0 Å². The predicted molar refractivity (Wildman–Crippen MR) is 119 cm³/mol. The fourth-order valence-electron chi connectivity index (χ4n) is 3.82. The van der Waals surface area contributed by atoms with E-state index in [0.717, 1.165) is 56.9 Å². The van der Waals surface area contributed by atoms with Gasteiger partial charge in [0.1, 0.15) is 18.0 Å². The lowest BCUT2D eigenvalue weighted by molar-refractivity contribution is 0.254. The number of hydrogen-bond acceptors (Lipinski definition) is 7. The number of fused-ring (bicyclic) bond motifs is 1. The second-order valence-corrected chi connectivity index (χ2v) is 7.63. The Labute approximate surface area is 172 Å². The van der Waals surface area contributed by atoms with Crippen molar-refractivity contribution >= 4 is 28.4 Å². The number of nitrogens with zero attached hydrogens (tertiary/aromatic N) is 5. The van der Waals surface area contributed by atoms with Crippen LogP contribution in [0, 0.1) is 6.92 Å². The molecule has 4 rings (SSSR count). The summed E-state index contributed by atoms with van der Waals surface area (Å²) in [7, 11) is 0. The highest BCUT2D eigenvalue weighted by atomic mass is 15.3. The Balaban J connectivity index is 1.18. The standard InChI is InChI=1S/C22H29N7/c1-17-5-4-6-18(15-17)29-13-11-28(12-14-29)10-3-2-9-24-21-19-7-8-20(23)27-22(19)26-16-25-21/h4-8,15-16H,2-3,9-14H2,1H3,(H3,23,24,25,26,27). The zero-order valence-electron chi connectivity index (χ0n) is 17.0. The highest BCUT2D eigenvalue weighted by Gasteiger charge is 2.16. The number of hydrogen-bond donors (Lipinski definition) is 2. The van der Waals surface area contributed by atoms with E-state index >= 15 is 0 Å². The van der Waals surface area contributed by atoms with Crippen molar-refractivity contribution in [2.75, 3.05) is 55.2 Å². The summed E-state index contributed by atoms with van der Waals surface area (Å²) in [6, 6.07) is 12.5. The minimum atomic E-state index is 0.477. The molecule has 0 unspecified atom stereocenters. The van der Waals surface area contributed by atoms with Gasteiger partial charge in [-0.1, -0.05) is 12.1 Å². The van der Waals surface area contributed by atoms with Crippen LogP contribution < -0.4 is 16.0 Å². The van der Waals surface area contributed by atoms with Crippen LogP contribution in [0.15, 0.2) is 42.7 Å². The summed E-state index contributed by atoms with van der Waals surface area (Å²) in [6.07, 6.45) is 3.81. The van der Waals surface area contributed by atoms with Crippen LogP contribution in [0.4, 0.5) is 17.3 Å². The molecule has 0 saturated carbocycles. The first-order chi connectivity index (χ1) is 14.2. The number of benzene rings is 1. The molecule has 1 fully saturated rings. The van der Waals surface area contributed by atoms with Crippen LogP contribution in [-0.2, 0) is 0 Å². The molecule has 3 aromatic rings. The maximum atomic E-state index is 5.73. The van der Waals surface area contributed by atoms with Crippen LogP contribution in [0.5, 0.6) is 0 Å². The first kappa shape index (κ1) is 19.4. The van der Waals surface area contributed by atoms with Crippen LogP contribution in [-0.4, -0.2) is 59.1 Å². The molecule has 7 nitrogen and oxygen atoms in total. The van der Waals surface area contributed by atoms with Crippen molar-refractivity contribution in [3.63, 3.8) is 0 Å². The van der Waals surface area contributed by atoms with Gasteiger partial charge in [-0.2, -0.15) is 0 Å². The SMILES string of the molecule is Cc1cccc(N2CCN(CCCCNc3ncnc4nc(N)ccc34)CC2)c1. The second kappa shape index (κ2) is 9.05. The van der Waals surface area contributed by atoms with E-state index in [1.807, 2.05) is 6.07 Å². The van der Waals surface area contributed by atoms with Crippen LogP contribution in [0.2, 0.25) is 0 Å². The lowest BCUT2D eigenvalue weighted by atomic mass is 10.2. The van der Waals surface area contributed by atoms with E-state index in [1.54, 1.807) is 6.07 Å². The maximum Gasteiger partial charge on any atom is 0.166 e. The van der Waals surface area contributed by atoms with Gasteiger partial charge in [-0.3, -0.25) is 4.90 Å². The van der Waals surface area contributed by atoms with Gasteiger partial charge in [-0.25, -0.2) is 15.0 Å². The van der Waals surface area contributed by atoms with Crippen molar-refractivity contribution in [2.24, 2.45) is 0 Å². The zero-order chi connectivity index (χ0) is 20.1. The Morgan fingerprint density at radius 1 is 1.03 bits per heavy atom. The van der Waals surface area contributed by atoms with Crippen molar-refractivity contribution < 1.29 is 0 Å². The third-order valence-corrected chi connectivity index (χ3v) is 5.45. The number of piperazine rings is 1. The summed E-state index contributed by atoms with van der Waals surface area (Å²) in [5, 5.41) is 4.33. The van der Waals surface area contributed by atoms with Crippen molar-refractivity contribution in [2.45, 2.75) is 19.8 Å². The minimum absolute atomic E-state index is 0.477. The molecule has 0 radical (unpaired) electrons. The van der Waals surface area contributed by atoms with Crippen LogP contribution in [0.3, 0.4) is 0 Å². The number of aromatic nitrogens is 3. The van der Waals surface area contributed by atoms with E-state index in [4.69, 9.17) is 5.73 Å². The van der Waals surface area contributed by atoms with Gasteiger partial charge in [0.15, 0.2) is 5.65 Å². The summed E-state index contributed by atoms with van der Waals surface area (Å²) in [5.41, 5.74) is 9.04. The van der Waals surface area contributed by atoms with E-state index in [-0.39, 0.29) is 0 Å². The van der Waals surface area contributed by atoms with Gasteiger partial charge in [0, 0.05) is 38.4 Å². The van der Waals surface area contributed by atoms with Gasteiger partial charge >= 0.3 is 0 Å². The molecule has 152 valence electrons. The largest absolute Gasteiger partial charge is 0.384 e. The van der Waals surface area contributed by atoms with E-state index in [9.17, 15) is 0 Å². The molecule has 1 aromatic carbocycles. The summed E-state index contributed by atoms with van der Waals surface area (Å²) >= 11 is 0. The fraction of sp³-hybridized carbons (Fsp3) is 0.409.